The van der Waals surface area contributed by atoms with Crippen LogP contribution in [0.5, 0.6) is 0 Å². The number of hydrogen-bond acceptors (Lipinski definition) is 2. The lowest BCUT2D eigenvalue weighted by atomic mass is 9.85. The number of rotatable bonds is 7. The third-order valence-electron chi connectivity index (χ3n) is 5.88. The first kappa shape index (κ1) is 19.4. The van der Waals surface area contributed by atoms with E-state index in [1.165, 1.54) is 44.9 Å². The molecule has 2 aromatic carbocycles. The summed E-state index contributed by atoms with van der Waals surface area (Å²) in [6.45, 7) is 1.64. The first-order valence-electron chi connectivity index (χ1n) is 10.3. The molecule has 1 aliphatic rings. The van der Waals surface area contributed by atoms with Crippen molar-refractivity contribution in [2.45, 2.75) is 64.7 Å². The molecule has 2 nitrogen and oxygen atoms in total. The first-order chi connectivity index (χ1) is 13.2. The summed E-state index contributed by atoms with van der Waals surface area (Å²) in [6, 6.07) is 16.0. The Bertz CT molecular complexity index is 824. The number of nitrogens with zero attached hydrogens (tertiary/aromatic N) is 1. The Morgan fingerprint density at radius 3 is 2.59 bits per heavy atom. The quantitative estimate of drug-likeness (QED) is 0.406. The smallest absolute Gasteiger partial charge is 0.160 e. The number of ketones is 1. The van der Waals surface area contributed by atoms with Gasteiger partial charge in [0.1, 0.15) is 0 Å². The molecule has 0 radical (unpaired) electrons. The molecular formula is C25H29NO. The van der Waals surface area contributed by atoms with Gasteiger partial charge in [0.15, 0.2) is 5.78 Å². The van der Waals surface area contributed by atoms with E-state index in [-0.39, 0.29) is 5.78 Å². The molecule has 0 aliphatic heterocycles. The van der Waals surface area contributed by atoms with E-state index in [4.69, 9.17) is 0 Å². The van der Waals surface area contributed by atoms with Crippen molar-refractivity contribution in [3.05, 3.63) is 59.2 Å². The Morgan fingerprint density at radius 1 is 1.07 bits per heavy atom. The molecule has 0 heterocycles. The summed E-state index contributed by atoms with van der Waals surface area (Å²) in [7, 11) is 0. The second kappa shape index (κ2) is 9.51. The number of aryl methyl sites for hydroxylation is 1. The predicted octanol–water partition coefficient (Wildman–Crippen LogP) is 6.72. The molecular weight excluding hydrogens is 330 g/mol. The summed E-state index contributed by atoms with van der Waals surface area (Å²) in [4.78, 5) is 12.1. The SMILES string of the molecule is CC(=O)c1ccc(-c2ccccc2C#N)cc1CCCCC1CCCCC1. The van der Waals surface area contributed by atoms with Crippen LogP contribution in [-0.4, -0.2) is 5.78 Å². The van der Waals surface area contributed by atoms with Crippen LogP contribution in [0.25, 0.3) is 11.1 Å². The van der Waals surface area contributed by atoms with Gasteiger partial charge in [-0.05, 0) is 48.4 Å². The predicted molar refractivity (Wildman–Crippen MR) is 111 cm³/mol. The van der Waals surface area contributed by atoms with E-state index >= 15 is 0 Å². The van der Waals surface area contributed by atoms with E-state index in [0.717, 1.165) is 41.0 Å². The molecule has 0 amide bonds. The van der Waals surface area contributed by atoms with Crippen LogP contribution in [0.15, 0.2) is 42.5 Å². The largest absolute Gasteiger partial charge is 0.295 e. The first-order valence-corrected chi connectivity index (χ1v) is 10.3. The van der Waals surface area contributed by atoms with E-state index in [1.807, 2.05) is 36.4 Å². The molecule has 0 aromatic heterocycles. The second-order valence-electron chi connectivity index (χ2n) is 7.84. The van der Waals surface area contributed by atoms with Gasteiger partial charge in [0.25, 0.3) is 0 Å². The Kier molecular flexibility index (Phi) is 6.82. The Morgan fingerprint density at radius 2 is 1.85 bits per heavy atom. The van der Waals surface area contributed by atoms with Crippen molar-refractivity contribution in [2.75, 3.05) is 0 Å². The van der Waals surface area contributed by atoms with Crippen molar-refractivity contribution in [3.63, 3.8) is 0 Å². The van der Waals surface area contributed by atoms with Crippen LogP contribution in [0.3, 0.4) is 0 Å². The molecule has 0 spiro atoms. The fourth-order valence-corrected chi connectivity index (χ4v) is 4.37. The van der Waals surface area contributed by atoms with Gasteiger partial charge in [-0.3, -0.25) is 4.79 Å². The average Bonchev–Trinajstić information content (AvgIpc) is 2.71. The zero-order chi connectivity index (χ0) is 19.1. The lowest BCUT2D eigenvalue weighted by Gasteiger charge is -2.21. The summed E-state index contributed by atoms with van der Waals surface area (Å²) in [5, 5.41) is 9.38. The molecule has 2 aromatic rings. The van der Waals surface area contributed by atoms with Crippen LogP contribution in [0.1, 0.15) is 79.8 Å². The van der Waals surface area contributed by atoms with E-state index in [9.17, 15) is 10.1 Å². The zero-order valence-electron chi connectivity index (χ0n) is 16.3. The molecule has 140 valence electrons. The topological polar surface area (TPSA) is 40.9 Å². The van der Waals surface area contributed by atoms with Gasteiger partial charge in [-0.15, -0.1) is 0 Å². The fourth-order valence-electron chi connectivity index (χ4n) is 4.37. The van der Waals surface area contributed by atoms with Gasteiger partial charge in [-0.1, -0.05) is 81.3 Å². The summed E-state index contributed by atoms with van der Waals surface area (Å²) in [5.74, 6) is 1.04. The van der Waals surface area contributed by atoms with Gasteiger partial charge in [0.05, 0.1) is 11.6 Å². The summed E-state index contributed by atoms with van der Waals surface area (Å²) in [5.41, 5.74) is 4.59. The molecule has 1 aliphatic carbocycles. The molecule has 2 heteroatoms. The average molecular weight is 360 g/mol. The van der Waals surface area contributed by atoms with Crippen LogP contribution in [0.2, 0.25) is 0 Å². The number of hydrogen-bond donors (Lipinski definition) is 0. The van der Waals surface area contributed by atoms with E-state index < -0.39 is 0 Å². The van der Waals surface area contributed by atoms with Crippen molar-refractivity contribution in [1.82, 2.24) is 0 Å². The molecule has 0 N–H and O–H groups in total. The van der Waals surface area contributed by atoms with Crippen LogP contribution in [0.4, 0.5) is 0 Å². The van der Waals surface area contributed by atoms with Crippen LogP contribution in [-0.2, 0) is 6.42 Å². The minimum atomic E-state index is 0.123. The second-order valence-corrected chi connectivity index (χ2v) is 7.84. The number of nitriles is 1. The van der Waals surface area contributed by atoms with Crippen LogP contribution >= 0.6 is 0 Å². The highest BCUT2D eigenvalue weighted by molar-refractivity contribution is 5.96. The van der Waals surface area contributed by atoms with Gasteiger partial charge < -0.3 is 0 Å². The highest BCUT2D eigenvalue weighted by Gasteiger charge is 2.14. The number of carbonyl (C=O) groups excluding carboxylic acids is 1. The molecule has 3 rings (SSSR count). The molecule has 1 saturated carbocycles. The third kappa shape index (κ3) is 5.07. The third-order valence-corrected chi connectivity index (χ3v) is 5.88. The normalized spacial score (nSPS) is 14.7. The fraction of sp³-hybridized carbons (Fsp3) is 0.440. The standard InChI is InChI=1S/C25H29NO/c1-19(27)24-16-15-22(25-14-8-7-13-23(25)18-26)17-21(24)12-6-5-11-20-9-3-2-4-10-20/h7-8,13-17,20H,2-6,9-12H2,1H3. The highest BCUT2D eigenvalue weighted by atomic mass is 16.1. The van der Waals surface area contributed by atoms with Gasteiger partial charge in [0, 0.05) is 5.56 Å². The molecule has 0 bridgehead atoms. The maximum atomic E-state index is 12.1. The Balaban J connectivity index is 1.72. The van der Waals surface area contributed by atoms with E-state index in [2.05, 4.69) is 12.1 Å². The molecule has 27 heavy (non-hydrogen) atoms. The van der Waals surface area contributed by atoms with Gasteiger partial charge >= 0.3 is 0 Å². The van der Waals surface area contributed by atoms with Crippen molar-refractivity contribution in [2.24, 2.45) is 5.92 Å². The van der Waals surface area contributed by atoms with Gasteiger partial charge in [0.2, 0.25) is 0 Å². The van der Waals surface area contributed by atoms with E-state index in [0.29, 0.717) is 5.56 Å². The monoisotopic (exact) mass is 359 g/mol. The minimum absolute atomic E-state index is 0.123. The molecule has 0 atom stereocenters. The van der Waals surface area contributed by atoms with Gasteiger partial charge in [-0.25, -0.2) is 0 Å². The van der Waals surface area contributed by atoms with Gasteiger partial charge in [-0.2, -0.15) is 5.26 Å². The lowest BCUT2D eigenvalue weighted by Crippen LogP contribution is -2.06. The van der Waals surface area contributed by atoms with E-state index in [1.54, 1.807) is 6.92 Å². The number of benzene rings is 2. The lowest BCUT2D eigenvalue weighted by molar-refractivity contribution is 0.101. The van der Waals surface area contributed by atoms with Crippen molar-refractivity contribution < 1.29 is 4.79 Å². The van der Waals surface area contributed by atoms with Crippen molar-refractivity contribution in [1.29, 1.82) is 5.26 Å². The summed E-state index contributed by atoms with van der Waals surface area (Å²) in [6.07, 6.45) is 11.6. The molecule has 0 unspecified atom stereocenters. The Hall–Kier alpha value is -2.40. The maximum absolute atomic E-state index is 12.1. The minimum Gasteiger partial charge on any atom is -0.295 e. The molecule has 0 saturated heterocycles. The van der Waals surface area contributed by atoms with Crippen molar-refractivity contribution in [3.8, 4) is 17.2 Å². The highest BCUT2D eigenvalue weighted by Crippen LogP contribution is 2.29. The summed E-state index contributed by atoms with van der Waals surface area (Å²) >= 11 is 0. The summed E-state index contributed by atoms with van der Waals surface area (Å²) < 4.78 is 0. The maximum Gasteiger partial charge on any atom is 0.160 e. The van der Waals surface area contributed by atoms with Crippen molar-refractivity contribution >= 4 is 5.78 Å². The van der Waals surface area contributed by atoms with Crippen LogP contribution < -0.4 is 0 Å². The Labute approximate surface area is 163 Å². The zero-order valence-corrected chi connectivity index (χ0v) is 16.3. The molecule has 1 fully saturated rings. The number of carbonyl (C=O) groups is 1. The van der Waals surface area contributed by atoms with Crippen LogP contribution in [0, 0.1) is 17.2 Å². The number of unbranched alkanes of at least 4 members (excludes halogenated alkanes) is 1. The number of Topliss-reactive ketones (excluding diaryl/α,β-unsaturated/α-hetero) is 1.